The van der Waals surface area contributed by atoms with Crippen LogP contribution < -0.4 is 4.74 Å². The molecule has 0 spiro atoms. The third kappa shape index (κ3) is 4.50. The van der Waals surface area contributed by atoms with Gasteiger partial charge in [-0.2, -0.15) is 0 Å². The summed E-state index contributed by atoms with van der Waals surface area (Å²) in [6.45, 7) is 6.57. The van der Waals surface area contributed by atoms with Gasteiger partial charge in [0.2, 0.25) is 11.8 Å². The van der Waals surface area contributed by atoms with Crippen molar-refractivity contribution < 1.29 is 13.9 Å². The molecule has 1 aromatic carbocycles. The van der Waals surface area contributed by atoms with Gasteiger partial charge in [0.1, 0.15) is 5.75 Å². The second-order valence-electron chi connectivity index (χ2n) is 5.85. The summed E-state index contributed by atoms with van der Waals surface area (Å²) >= 11 is 1.30. The first-order valence-electron chi connectivity index (χ1n) is 7.87. The van der Waals surface area contributed by atoms with Crippen LogP contribution >= 0.6 is 11.8 Å². The molecular formula is C17H23N3O3S. The fourth-order valence-corrected chi connectivity index (χ4v) is 3.09. The lowest BCUT2D eigenvalue weighted by molar-refractivity contribution is -0.128. The average molecular weight is 349 g/mol. The highest BCUT2D eigenvalue weighted by atomic mass is 32.2. The van der Waals surface area contributed by atoms with Gasteiger partial charge in [0.25, 0.3) is 5.22 Å². The predicted octanol–water partition coefficient (Wildman–Crippen LogP) is 3.34. The lowest BCUT2D eigenvalue weighted by Gasteiger charge is -2.21. The number of aromatic nitrogens is 2. The molecule has 0 aliphatic rings. The van der Waals surface area contributed by atoms with Crippen LogP contribution in [0.3, 0.4) is 0 Å². The molecule has 0 aliphatic heterocycles. The summed E-state index contributed by atoms with van der Waals surface area (Å²) in [5, 5.41) is 8.28. The molecule has 0 saturated heterocycles. The Bertz CT molecular complexity index is 668. The van der Waals surface area contributed by atoms with Crippen LogP contribution in [0.15, 0.2) is 33.9 Å². The number of nitrogens with zero attached hydrogens (tertiary/aromatic N) is 3. The van der Waals surface area contributed by atoms with Crippen molar-refractivity contribution in [1.82, 2.24) is 15.1 Å². The number of thioether (sulfide) groups is 1. The minimum Gasteiger partial charge on any atom is -0.494 e. The van der Waals surface area contributed by atoms with Crippen LogP contribution in [-0.4, -0.2) is 47.0 Å². The highest BCUT2D eigenvalue weighted by Crippen LogP contribution is 2.31. The minimum atomic E-state index is -0.256. The number of carbonyl (C=O) groups excluding carboxylic acids is 1. The van der Waals surface area contributed by atoms with Gasteiger partial charge in [-0.05, 0) is 37.1 Å². The Morgan fingerprint density at radius 2 is 1.92 bits per heavy atom. The summed E-state index contributed by atoms with van der Waals surface area (Å²) in [6.07, 6.45) is 0. The summed E-state index contributed by atoms with van der Waals surface area (Å²) in [7, 11) is 3.49. The van der Waals surface area contributed by atoms with Gasteiger partial charge in [-0.1, -0.05) is 25.6 Å². The molecule has 0 radical (unpaired) electrons. The standard InChI is InChI=1S/C17H23N3O3S/c1-6-22-13-9-7-12(8-10-13)15-18-19-17(23-15)24-14(11(2)3)16(21)20(4)5/h7-11,14H,6H2,1-5H3/t14-/m0/s1. The maximum atomic E-state index is 12.3. The number of hydrogen-bond acceptors (Lipinski definition) is 6. The quantitative estimate of drug-likeness (QED) is 0.714. The zero-order chi connectivity index (χ0) is 17.7. The van der Waals surface area contributed by atoms with Crippen LogP contribution in [0, 0.1) is 5.92 Å². The predicted molar refractivity (Wildman–Crippen MR) is 94.1 cm³/mol. The Morgan fingerprint density at radius 1 is 1.25 bits per heavy atom. The van der Waals surface area contributed by atoms with Gasteiger partial charge in [0.05, 0.1) is 11.9 Å². The van der Waals surface area contributed by atoms with Crippen LogP contribution in [0.2, 0.25) is 0 Å². The van der Waals surface area contributed by atoms with Crippen molar-refractivity contribution in [3.63, 3.8) is 0 Å². The molecule has 130 valence electrons. The second-order valence-corrected chi connectivity index (χ2v) is 6.94. The average Bonchev–Trinajstić information content (AvgIpc) is 3.01. The monoisotopic (exact) mass is 349 g/mol. The van der Waals surface area contributed by atoms with E-state index in [1.165, 1.54) is 11.8 Å². The van der Waals surface area contributed by atoms with Gasteiger partial charge in [-0.25, -0.2) is 0 Å². The van der Waals surface area contributed by atoms with Crippen molar-refractivity contribution in [3.05, 3.63) is 24.3 Å². The number of amides is 1. The molecule has 7 heteroatoms. The summed E-state index contributed by atoms with van der Waals surface area (Å²) in [4.78, 5) is 13.9. The van der Waals surface area contributed by atoms with E-state index in [4.69, 9.17) is 9.15 Å². The maximum absolute atomic E-state index is 12.3. The smallest absolute Gasteiger partial charge is 0.277 e. The van der Waals surface area contributed by atoms with E-state index in [1.807, 2.05) is 45.0 Å². The van der Waals surface area contributed by atoms with Crippen LogP contribution in [0.1, 0.15) is 20.8 Å². The third-order valence-electron chi connectivity index (χ3n) is 3.34. The molecule has 1 atom stereocenters. The van der Waals surface area contributed by atoms with Crippen LogP contribution in [0.4, 0.5) is 0 Å². The number of hydrogen-bond donors (Lipinski definition) is 0. The molecular weight excluding hydrogens is 326 g/mol. The van der Waals surface area contributed by atoms with Crippen molar-refractivity contribution in [2.75, 3.05) is 20.7 Å². The molecule has 6 nitrogen and oxygen atoms in total. The van der Waals surface area contributed by atoms with Crippen molar-refractivity contribution >= 4 is 17.7 Å². The van der Waals surface area contributed by atoms with Crippen molar-refractivity contribution in [3.8, 4) is 17.2 Å². The van der Waals surface area contributed by atoms with E-state index in [1.54, 1.807) is 19.0 Å². The second kappa shape index (κ2) is 8.19. The lowest BCUT2D eigenvalue weighted by Crippen LogP contribution is -2.34. The first-order valence-corrected chi connectivity index (χ1v) is 8.75. The van der Waals surface area contributed by atoms with E-state index in [9.17, 15) is 4.79 Å². The molecule has 24 heavy (non-hydrogen) atoms. The fraction of sp³-hybridized carbons (Fsp3) is 0.471. The highest BCUT2D eigenvalue weighted by Gasteiger charge is 2.27. The maximum Gasteiger partial charge on any atom is 0.277 e. The van der Waals surface area contributed by atoms with Gasteiger partial charge >= 0.3 is 0 Å². The summed E-state index contributed by atoms with van der Waals surface area (Å²) in [5.74, 6) is 1.42. The normalized spacial score (nSPS) is 12.2. The van der Waals surface area contributed by atoms with Crippen LogP contribution in [0.25, 0.3) is 11.5 Å². The minimum absolute atomic E-state index is 0.0378. The lowest BCUT2D eigenvalue weighted by atomic mass is 10.1. The molecule has 0 aliphatic carbocycles. The SMILES string of the molecule is CCOc1ccc(-c2nnc(S[C@H](C(=O)N(C)C)C(C)C)o2)cc1. The van der Waals surface area contributed by atoms with Gasteiger partial charge in [0, 0.05) is 19.7 Å². The molecule has 1 heterocycles. The largest absolute Gasteiger partial charge is 0.494 e. The van der Waals surface area contributed by atoms with Gasteiger partial charge in [0.15, 0.2) is 0 Å². The summed E-state index contributed by atoms with van der Waals surface area (Å²) in [6, 6.07) is 7.47. The fourth-order valence-electron chi connectivity index (χ4n) is 2.07. The van der Waals surface area contributed by atoms with Crippen molar-refractivity contribution in [1.29, 1.82) is 0 Å². The first kappa shape index (κ1) is 18.3. The van der Waals surface area contributed by atoms with Gasteiger partial charge in [-0.15, -0.1) is 10.2 Å². The molecule has 2 rings (SSSR count). The molecule has 0 N–H and O–H groups in total. The van der Waals surface area contributed by atoms with Crippen LogP contribution in [0.5, 0.6) is 5.75 Å². The van der Waals surface area contributed by atoms with E-state index >= 15 is 0 Å². The Hall–Kier alpha value is -2.02. The third-order valence-corrected chi connectivity index (χ3v) is 4.70. The molecule has 1 amide bonds. The number of carbonyl (C=O) groups is 1. The number of rotatable bonds is 7. The van der Waals surface area contributed by atoms with Crippen LogP contribution in [-0.2, 0) is 4.79 Å². The zero-order valence-electron chi connectivity index (χ0n) is 14.6. The Labute approximate surface area is 146 Å². The first-order chi connectivity index (χ1) is 11.4. The zero-order valence-corrected chi connectivity index (χ0v) is 15.5. The van der Waals surface area contributed by atoms with E-state index < -0.39 is 0 Å². The molecule has 0 saturated carbocycles. The van der Waals surface area contributed by atoms with E-state index in [0.29, 0.717) is 17.7 Å². The topological polar surface area (TPSA) is 68.5 Å². The molecule has 0 fully saturated rings. The molecule has 2 aromatic rings. The van der Waals surface area contributed by atoms with E-state index in [-0.39, 0.29) is 17.1 Å². The Kier molecular flexibility index (Phi) is 6.25. The number of benzene rings is 1. The number of ether oxygens (including phenoxy) is 1. The summed E-state index contributed by atoms with van der Waals surface area (Å²) < 4.78 is 11.1. The van der Waals surface area contributed by atoms with E-state index in [0.717, 1.165) is 11.3 Å². The Balaban J connectivity index is 2.13. The molecule has 0 unspecified atom stereocenters. The highest BCUT2D eigenvalue weighted by molar-refractivity contribution is 8.00. The van der Waals surface area contributed by atoms with Crippen molar-refractivity contribution in [2.45, 2.75) is 31.2 Å². The molecule has 0 bridgehead atoms. The van der Waals surface area contributed by atoms with Gasteiger partial charge < -0.3 is 14.1 Å². The summed E-state index contributed by atoms with van der Waals surface area (Å²) in [5.41, 5.74) is 0.817. The van der Waals surface area contributed by atoms with E-state index in [2.05, 4.69) is 10.2 Å². The Morgan fingerprint density at radius 3 is 2.46 bits per heavy atom. The van der Waals surface area contributed by atoms with Crippen molar-refractivity contribution in [2.24, 2.45) is 5.92 Å². The van der Waals surface area contributed by atoms with Gasteiger partial charge in [-0.3, -0.25) is 4.79 Å². The molecule has 1 aromatic heterocycles.